The normalized spacial score (nSPS) is 10.8. The van der Waals surface area contributed by atoms with Crippen LogP contribution in [0.15, 0.2) is 70.3 Å². The standard InChI is InChI=1S/C22H25N5O2.HI/c1-16-8-10-18(11-9-16)21-27-19(15-29-21)14-26-22(23-2)25-13-12-24-20(28)17-6-4-3-5-7-17;/h3-11,15H,12-14H2,1-2H3,(H,24,28)(H2,23,25,26);1H. The molecule has 0 radical (unpaired) electrons. The van der Waals surface area contributed by atoms with Crippen molar-refractivity contribution >= 4 is 35.8 Å². The summed E-state index contributed by atoms with van der Waals surface area (Å²) in [4.78, 5) is 20.7. The van der Waals surface area contributed by atoms with Crippen LogP contribution in [-0.4, -0.2) is 37.0 Å². The molecule has 1 amide bonds. The Kier molecular flexibility index (Phi) is 9.33. The van der Waals surface area contributed by atoms with Gasteiger partial charge in [0, 0.05) is 31.3 Å². The molecule has 0 aliphatic rings. The monoisotopic (exact) mass is 519 g/mol. The van der Waals surface area contributed by atoms with Gasteiger partial charge < -0.3 is 20.4 Å². The topological polar surface area (TPSA) is 91.5 Å². The van der Waals surface area contributed by atoms with Gasteiger partial charge in [0.1, 0.15) is 6.26 Å². The van der Waals surface area contributed by atoms with Gasteiger partial charge in [0.2, 0.25) is 5.89 Å². The van der Waals surface area contributed by atoms with Crippen LogP contribution in [0.5, 0.6) is 0 Å². The molecular formula is C22H26IN5O2. The molecule has 0 aliphatic heterocycles. The van der Waals surface area contributed by atoms with Gasteiger partial charge in [0.25, 0.3) is 5.91 Å². The number of amides is 1. The SMILES string of the molecule is CN=C(NCCNC(=O)c1ccccc1)NCc1coc(-c2ccc(C)cc2)n1.I. The van der Waals surface area contributed by atoms with Crippen LogP contribution in [0.2, 0.25) is 0 Å². The van der Waals surface area contributed by atoms with Gasteiger partial charge in [-0.3, -0.25) is 9.79 Å². The Bertz CT molecular complexity index is 955. The molecule has 3 aromatic rings. The Hall–Kier alpha value is -2.88. The molecule has 158 valence electrons. The highest BCUT2D eigenvalue weighted by Gasteiger charge is 2.08. The van der Waals surface area contributed by atoms with Crippen molar-refractivity contribution in [1.29, 1.82) is 0 Å². The van der Waals surface area contributed by atoms with Gasteiger partial charge in [0.15, 0.2) is 5.96 Å². The predicted octanol–water partition coefficient (Wildman–Crippen LogP) is 3.36. The lowest BCUT2D eigenvalue weighted by Gasteiger charge is -2.11. The maximum Gasteiger partial charge on any atom is 0.251 e. The van der Waals surface area contributed by atoms with Gasteiger partial charge in [-0.1, -0.05) is 35.9 Å². The van der Waals surface area contributed by atoms with E-state index in [1.165, 1.54) is 5.56 Å². The maximum absolute atomic E-state index is 12.0. The quantitative estimate of drug-likeness (QED) is 0.193. The molecule has 0 saturated heterocycles. The number of halogens is 1. The number of hydrogen-bond acceptors (Lipinski definition) is 4. The third-order valence-corrected chi connectivity index (χ3v) is 4.25. The zero-order valence-corrected chi connectivity index (χ0v) is 19.3. The molecule has 8 heteroatoms. The molecule has 1 aromatic heterocycles. The highest BCUT2D eigenvalue weighted by Crippen LogP contribution is 2.18. The number of nitrogens with zero attached hydrogens (tertiary/aromatic N) is 2. The first-order valence-corrected chi connectivity index (χ1v) is 9.45. The fraction of sp³-hybridized carbons (Fsp3) is 0.227. The van der Waals surface area contributed by atoms with Crippen molar-refractivity contribution in [1.82, 2.24) is 20.9 Å². The van der Waals surface area contributed by atoms with E-state index in [1.807, 2.05) is 49.4 Å². The van der Waals surface area contributed by atoms with Gasteiger partial charge in [-0.25, -0.2) is 4.98 Å². The summed E-state index contributed by atoms with van der Waals surface area (Å²) in [6.45, 7) is 3.55. The summed E-state index contributed by atoms with van der Waals surface area (Å²) in [6, 6.07) is 17.2. The van der Waals surface area contributed by atoms with E-state index in [4.69, 9.17) is 4.42 Å². The van der Waals surface area contributed by atoms with Crippen molar-refractivity contribution in [3.63, 3.8) is 0 Å². The Morgan fingerprint density at radius 1 is 1.00 bits per heavy atom. The predicted molar refractivity (Wildman–Crippen MR) is 129 cm³/mol. The maximum atomic E-state index is 12.0. The minimum Gasteiger partial charge on any atom is -0.444 e. The van der Waals surface area contributed by atoms with Gasteiger partial charge in [0.05, 0.1) is 12.2 Å². The summed E-state index contributed by atoms with van der Waals surface area (Å²) < 4.78 is 5.56. The Labute approximate surface area is 193 Å². The summed E-state index contributed by atoms with van der Waals surface area (Å²) in [5.74, 6) is 1.12. The van der Waals surface area contributed by atoms with E-state index in [1.54, 1.807) is 25.4 Å². The Morgan fingerprint density at radius 3 is 2.40 bits per heavy atom. The molecule has 1 heterocycles. The number of carbonyl (C=O) groups is 1. The highest BCUT2D eigenvalue weighted by atomic mass is 127. The average Bonchev–Trinajstić information content (AvgIpc) is 3.23. The summed E-state index contributed by atoms with van der Waals surface area (Å²) in [7, 11) is 1.69. The van der Waals surface area contributed by atoms with Gasteiger partial charge >= 0.3 is 0 Å². The van der Waals surface area contributed by atoms with Gasteiger partial charge in [-0.05, 0) is 31.2 Å². The number of aliphatic imine (C=N–C) groups is 1. The molecule has 3 N–H and O–H groups in total. The molecule has 7 nitrogen and oxygen atoms in total. The molecule has 30 heavy (non-hydrogen) atoms. The number of benzene rings is 2. The second-order valence-electron chi connectivity index (χ2n) is 6.48. The number of carbonyl (C=O) groups excluding carboxylic acids is 1. The summed E-state index contributed by atoms with van der Waals surface area (Å²) >= 11 is 0. The van der Waals surface area contributed by atoms with Crippen molar-refractivity contribution in [2.45, 2.75) is 13.5 Å². The molecule has 3 rings (SSSR count). The van der Waals surface area contributed by atoms with Crippen molar-refractivity contribution in [2.75, 3.05) is 20.1 Å². The third-order valence-electron chi connectivity index (χ3n) is 4.25. The van der Waals surface area contributed by atoms with Crippen molar-refractivity contribution in [2.24, 2.45) is 4.99 Å². The number of oxazole rings is 1. The minimum atomic E-state index is -0.0958. The second-order valence-corrected chi connectivity index (χ2v) is 6.48. The van der Waals surface area contributed by atoms with Crippen LogP contribution >= 0.6 is 24.0 Å². The molecule has 2 aromatic carbocycles. The lowest BCUT2D eigenvalue weighted by molar-refractivity contribution is 0.0954. The summed E-state index contributed by atoms with van der Waals surface area (Å²) in [6.07, 6.45) is 1.63. The van der Waals surface area contributed by atoms with Crippen LogP contribution < -0.4 is 16.0 Å². The summed E-state index contributed by atoms with van der Waals surface area (Å²) in [5, 5.41) is 9.21. The van der Waals surface area contributed by atoms with Crippen LogP contribution in [0.1, 0.15) is 21.6 Å². The number of hydrogen-bond donors (Lipinski definition) is 3. The molecule has 0 unspecified atom stereocenters. The lowest BCUT2D eigenvalue weighted by Crippen LogP contribution is -2.41. The fourth-order valence-electron chi connectivity index (χ4n) is 2.66. The zero-order chi connectivity index (χ0) is 20.5. The molecule has 0 fully saturated rings. The number of aryl methyl sites for hydroxylation is 1. The van der Waals surface area contributed by atoms with Crippen molar-refractivity contribution in [3.05, 3.63) is 77.7 Å². The Morgan fingerprint density at radius 2 is 1.70 bits per heavy atom. The minimum absolute atomic E-state index is 0. The first-order chi connectivity index (χ1) is 14.2. The van der Waals surface area contributed by atoms with E-state index < -0.39 is 0 Å². The molecule has 0 aliphatic carbocycles. The first kappa shape index (κ1) is 23.4. The molecule has 0 saturated carbocycles. The van der Waals surface area contributed by atoms with E-state index in [-0.39, 0.29) is 29.9 Å². The van der Waals surface area contributed by atoms with Crippen LogP contribution in [0.25, 0.3) is 11.5 Å². The van der Waals surface area contributed by atoms with Crippen molar-refractivity contribution < 1.29 is 9.21 Å². The smallest absolute Gasteiger partial charge is 0.251 e. The van der Waals surface area contributed by atoms with Crippen LogP contribution in [0.4, 0.5) is 0 Å². The average molecular weight is 519 g/mol. The van der Waals surface area contributed by atoms with Gasteiger partial charge in [-0.15, -0.1) is 24.0 Å². The van der Waals surface area contributed by atoms with Crippen LogP contribution in [0.3, 0.4) is 0 Å². The summed E-state index contributed by atoms with van der Waals surface area (Å²) in [5.41, 5.74) is 3.56. The first-order valence-electron chi connectivity index (χ1n) is 9.45. The van der Waals surface area contributed by atoms with Crippen molar-refractivity contribution in [3.8, 4) is 11.5 Å². The van der Waals surface area contributed by atoms with E-state index in [0.29, 0.717) is 37.0 Å². The molecule has 0 spiro atoms. The Balaban J connectivity index is 0.00000320. The van der Waals surface area contributed by atoms with Crippen LogP contribution in [0, 0.1) is 6.92 Å². The molecular weight excluding hydrogens is 493 g/mol. The van der Waals surface area contributed by atoms with E-state index >= 15 is 0 Å². The number of guanidine groups is 1. The molecule has 0 atom stereocenters. The highest BCUT2D eigenvalue weighted by molar-refractivity contribution is 14.0. The van der Waals surface area contributed by atoms with E-state index in [9.17, 15) is 4.79 Å². The number of nitrogens with one attached hydrogen (secondary N) is 3. The largest absolute Gasteiger partial charge is 0.444 e. The van der Waals surface area contributed by atoms with E-state index in [2.05, 4.69) is 25.9 Å². The zero-order valence-electron chi connectivity index (χ0n) is 17.0. The van der Waals surface area contributed by atoms with Crippen LogP contribution in [-0.2, 0) is 6.54 Å². The third kappa shape index (κ3) is 6.87. The van der Waals surface area contributed by atoms with E-state index in [0.717, 1.165) is 11.3 Å². The second kappa shape index (κ2) is 12.0. The fourth-order valence-corrected chi connectivity index (χ4v) is 2.66. The molecule has 0 bridgehead atoms. The number of aromatic nitrogens is 1. The van der Waals surface area contributed by atoms with Gasteiger partial charge in [-0.2, -0.15) is 0 Å². The lowest BCUT2D eigenvalue weighted by atomic mass is 10.1. The number of rotatable bonds is 7.